The van der Waals surface area contributed by atoms with Gasteiger partial charge in [0, 0.05) is 31.9 Å². The number of nitrogens with zero attached hydrogens (tertiary/aromatic N) is 3. The fourth-order valence-corrected chi connectivity index (χ4v) is 5.15. The van der Waals surface area contributed by atoms with Crippen molar-refractivity contribution in [2.45, 2.75) is 33.2 Å². The molecule has 0 aromatic heterocycles. The van der Waals surface area contributed by atoms with Gasteiger partial charge in [-0.2, -0.15) is 0 Å². The summed E-state index contributed by atoms with van der Waals surface area (Å²) in [5.74, 6) is -0.472. The number of benzene rings is 2. The zero-order valence-electron chi connectivity index (χ0n) is 18.5. The number of hydrogen-bond acceptors (Lipinski definition) is 4. The van der Waals surface area contributed by atoms with Crippen LogP contribution < -0.4 is 9.21 Å². The minimum Gasteiger partial charge on any atom is -0.368 e. The zero-order valence-corrected chi connectivity index (χ0v) is 19.3. The van der Waals surface area contributed by atoms with Crippen molar-refractivity contribution in [1.82, 2.24) is 4.90 Å². The molecule has 168 valence electrons. The van der Waals surface area contributed by atoms with Crippen LogP contribution >= 0.6 is 0 Å². The largest absolute Gasteiger partial charge is 0.368 e. The molecule has 1 aliphatic heterocycles. The summed E-state index contributed by atoms with van der Waals surface area (Å²) in [6, 6.07) is 11.0. The smallest absolute Gasteiger partial charge is 0.246 e. The topological polar surface area (TPSA) is 60.9 Å². The maximum absolute atomic E-state index is 13.4. The molecule has 1 amide bonds. The summed E-state index contributed by atoms with van der Waals surface area (Å²) < 4.78 is 39.8. The highest BCUT2D eigenvalue weighted by Gasteiger charge is 2.35. The molecular weight excluding hydrogens is 417 g/mol. The van der Waals surface area contributed by atoms with Crippen LogP contribution in [0.3, 0.4) is 0 Å². The second-order valence-electron chi connectivity index (χ2n) is 8.04. The number of rotatable bonds is 6. The van der Waals surface area contributed by atoms with Crippen molar-refractivity contribution in [3.8, 4) is 0 Å². The van der Waals surface area contributed by atoms with Gasteiger partial charge in [0.05, 0.1) is 11.9 Å². The standard InChI is InChI=1S/C23H30FN3O3S/c1-5-22(27(31(4,29)30)21-9-6-17(2)18(3)16-21)23(28)26-14-12-25(13-15-26)20-10-7-19(24)8-11-20/h6-11,16,22H,5,12-15H2,1-4H3/t22-/m0/s1. The summed E-state index contributed by atoms with van der Waals surface area (Å²) in [6.45, 7) is 7.90. The molecule has 1 aliphatic rings. The molecule has 2 aromatic rings. The van der Waals surface area contributed by atoms with E-state index in [4.69, 9.17) is 0 Å². The molecule has 0 radical (unpaired) electrons. The van der Waals surface area contributed by atoms with Crippen LogP contribution in [0.25, 0.3) is 0 Å². The highest BCUT2D eigenvalue weighted by atomic mass is 32.2. The molecular formula is C23H30FN3O3S. The predicted molar refractivity (Wildman–Crippen MR) is 123 cm³/mol. The van der Waals surface area contributed by atoms with Crippen LogP contribution in [-0.4, -0.2) is 57.7 Å². The Morgan fingerprint density at radius 2 is 1.65 bits per heavy atom. The summed E-state index contributed by atoms with van der Waals surface area (Å²) in [4.78, 5) is 17.2. The third-order valence-electron chi connectivity index (χ3n) is 5.84. The lowest BCUT2D eigenvalue weighted by molar-refractivity contribution is -0.132. The molecule has 0 saturated carbocycles. The number of carbonyl (C=O) groups excluding carboxylic acids is 1. The average Bonchev–Trinajstić information content (AvgIpc) is 2.73. The number of carbonyl (C=O) groups is 1. The van der Waals surface area contributed by atoms with Gasteiger partial charge in [-0.05, 0) is 67.8 Å². The SMILES string of the molecule is CC[C@@H](C(=O)N1CCN(c2ccc(F)cc2)CC1)N(c1ccc(C)c(C)c1)S(C)(=O)=O. The van der Waals surface area contributed by atoms with Crippen molar-refractivity contribution in [3.63, 3.8) is 0 Å². The van der Waals surface area contributed by atoms with Gasteiger partial charge in [-0.25, -0.2) is 12.8 Å². The summed E-state index contributed by atoms with van der Waals surface area (Å²) in [5.41, 5.74) is 3.46. The first-order valence-electron chi connectivity index (χ1n) is 10.5. The van der Waals surface area contributed by atoms with E-state index in [1.54, 1.807) is 23.1 Å². The maximum atomic E-state index is 13.4. The molecule has 1 fully saturated rings. The van der Waals surface area contributed by atoms with Gasteiger partial charge in [-0.3, -0.25) is 9.10 Å². The lowest BCUT2D eigenvalue weighted by Crippen LogP contribution is -2.56. The van der Waals surface area contributed by atoms with Crippen molar-refractivity contribution < 1.29 is 17.6 Å². The molecule has 0 aliphatic carbocycles. The van der Waals surface area contributed by atoms with Crippen LogP contribution in [0.4, 0.5) is 15.8 Å². The Hall–Kier alpha value is -2.61. The first-order chi connectivity index (χ1) is 14.6. The first-order valence-corrected chi connectivity index (χ1v) is 12.3. The summed E-state index contributed by atoms with van der Waals surface area (Å²) in [5, 5.41) is 0. The lowest BCUT2D eigenvalue weighted by atomic mass is 10.1. The number of halogens is 1. The van der Waals surface area contributed by atoms with Gasteiger partial charge in [0.2, 0.25) is 15.9 Å². The van der Waals surface area contributed by atoms with E-state index in [0.29, 0.717) is 38.3 Å². The number of aryl methyl sites for hydroxylation is 2. The summed E-state index contributed by atoms with van der Waals surface area (Å²) >= 11 is 0. The van der Waals surface area contributed by atoms with E-state index in [-0.39, 0.29) is 11.7 Å². The first kappa shape index (κ1) is 23.1. The summed E-state index contributed by atoms with van der Waals surface area (Å²) in [6.07, 6.45) is 1.52. The molecule has 3 rings (SSSR count). The van der Waals surface area contributed by atoms with Crippen molar-refractivity contribution in [2.24, 2.45) is 0 Å². The van der Waals surface area contributed by atoms with E-state index < -0.39 is 16.1 Å². The minimum absolute atomic E-state index is 0.190. The summed E-state index contributed by atoms with van der Waals surface area (Å²) in [7, 11) is -3.66. The predicted octanol–water partition coefficient (Wildman–Crippen LogP) is 3.34. The minimum atomic E-state index is -3.66. The second kappa shape index (κ2) is 9.26. The molecule has 0 bridgehead atoms. The van der Waals surface area contributed by atoms with Gasteiger partial charge in [0.15, 0.2) is 0 Å². The number of hydrogen-bond donors (Lipinski definition) is 0. The Morgan fingerprint density at radius 3 is 2.16 bits per heavy atom. The number of sulfonamides is 1. The van der Waals surface area contributed by atoms with Crippen molar-refractivity contribution in [2.75, 3.05) is 41.6 Å². The van der Waals surface area contributed by atoms with Gasteiger partial charge in [-0.15, -0.1) is 0 Å². The molecule has 1 saturated heterocycles. The highest BCUT2D eigenvalue weighted by molar-refractivity contribution is 7.92. The molecule has 31 heavy (non-hydrogen) atoms. The van der Waals surface area contributed by atoms with Crippen LogP contribution in [-0.2, 0) is 14.8 Å². The molecule has 0 unspecified atom stereocenters. The third-order valence-corrected chi connectivity index (χ3v) is 7.02. The maximum Gasteiger partial charge on any atom is 0.246 e. The van der Waals surface area contributed by atoms with E-state index >= 15 is 0 Å². The van der Waals surface area contributed by atoms with Crippen molar-refractivity contribution in [3.05, 3.63) is 59.4 Å². The Balaban J connectivity index is 1.79. The Kier molecular flexibility index (Phi) is 6.89. The van der Waals surface area contributed by atoms with E-state index in [0.717, 1.165) is 23.1 Å². The molecule has 1 heterocycles. The Bertz CT molecular complexity index is 1030. The van der Waals surface area contributed by atoms with Crippen LogP contribution in [0.1, 0.15) is 24.5 Å². The second-order valence-corrected chi connectivity index (χ2v) is 9.90. The number of piperazine rings is 1. The lowest BCUT2D eigenvalue weighted by Gasteiger charge is -2.39. The van der Waals surface area contributed by atoms with E-state index in [2.05, 4.69) is 4.90 Å². The zero-order chi connectivity index (χ0) is 22.8. The third kappa shape index (κ3) is 5.18. The Labute approximate surface area is 184 Å². The van der Waals surface area contributed by atoms with Gasteiger partial charge in [-0.1, -0.05) is 13.0 Å². The fraction of sp³-hybridized carbons (Fsp3) is 0.435. The number of anilines is 2. The average molecular weight is 448 g/mol. The molecule has 0 N–H and O–H groups in total. The van der Waals surface area contributed by atoms with Gasteiger partial charge in [0.1, 0.15) is 11.9 Å². The van der Waals surface area contributed by atoms with Gasteiger partial charge >= 0.3 is 0 Å². The van der Waals surface area contributed by atoms with Crippen molar-refractivity contribution >= 4 is 27.3 Å². The molecule has 0 spiro atoms. The van der Waals surface area contributed by atoms with Gasteiger partial charge < -0.3 is 9.80 Å². The van der Waals surface area contributed by atoms with E-state index in [9.17, 15) is 17.6 Å². The highest BCUT2D eigenvalue weighted by Crippen LogP contribution is 2.26. The van der Waals surface area contributed by atoms with Crippen LogP contribution in [0, 0.1) is 19.7 Å². The van der Waals surface area contributed by atoms with Gasteiger partial charge in [0.25, 0.3) is 0 Å². The van der Waals surface area contributed by atoms with Crippen LogP contribution in [0.5, 0.6) is 0 Å². The molecule has 2 aromatic carbocycles. The fourth-order valence-electron chi connectivity index (χ4n) is 3.95. The van der Waals surface area contributed by atoms with Crippen LogP contribution in [0.15, 0.2) is 42.5 Å². The molecule has 6 nitrogen and oxygen atoms in total. The van der Waals surface area contributed by atoms with E-state index in [1.165, 1.54) is 16.4 Å². The van der Waals surface area contributed by atoms with E-state index in [1.807, 2.05) is 32.9 Å². The monoisotopic (exact) mass is 447 g/mol. The normalized spacial score (nSPS) is 15.6. The quantitative estimate of drug-likeness (QED) is 0.682. The van der Waals surface area contributed by atoms with Crippen molar-refractivity contribution in [1.29, 1.82) is 0 Å². The number of amides is 1. The Morgan fingerprint density at radius 1 is 1.03 bits per heavy atom. The molecule has 8 heteroatoms. The van der Waals surface area contributed by atoms with Crippen LogP contribution in [0.2, 0.25) is 0 Å². The molecule has 1 atom stereocenters.